The van der Waals surface area contributed by atoms with Crippen molar-refractivity contribution in [2.45, 2.75) is 0 Å². The molecular formula is C12H20N2O4S4. The Balaban J connectivity index is 1.46. The second-order valence-electron chi connectivity index (χ2n) is 4.54. The highest BCUT2D eigenvalue weighted by molar-refractivity contribution is 8.83. The standard InChI is InChI=1S/C12H20N2O4S4/c15-11(13-1-5-17-6-2-13)21-19-9-10-20-22-12(16)14-3-7-18-8-4-14/h1-10H2. The molecule has 0 atom stereocenters. The van der Waals surface area contributed by atoms with Gasteiger partial charge in [-0.15, -0.1) is 0 Å². The molecule has 2 saturated heterocycles. The van der Waals surface area contributed by atoms with E-state index in [1.165, 1.54) is 21.6 Å². The maximum atomic E-state index is 11.9. The largest absolute Gasteiger partial charge is 0.378 e. The minimum Gasteiger partial charge on any atom is -0.378 e. The van der Waals surface area contributed by atoms with Crippen LogP contribution in [0.2, 0.25) is 0 Å². The average Bonchev–Trinajstić information content (AvgIpc) is 2.59. The molecular weight excluding hydrogens is 364 g/mol. The molecule has 0 bridgehead atoms. The van der Waals surface area contributed by atoms with Crippen LogP contribution in [0.5, 0.6) is 0 Å². The van der Waals surface area contributed by atoms with Crippen molar-refractivity contribution in [1.29, 1.82) is 0 Å². The van der Waals surface area contributed by atoms with E-state index in [2.05, 4.69) is 0 Å². The normalized spacial score (nSPS) is 19.3. The van der Waals surface area contributed by atoms with Crippen LogP contribution in [0, 0.1) is 0 Å². The summed E-state index contributed by atoms with van der Waals surface area (Å²) in [5.74, 6) is 1.68. The van der Waals surface area contributed by atoms with Gasteiger partial charge in [-0.25, -0.2) is 0 Å². The van der Waals surface area contributed by atoms with Gasteiger partial charge in [0.25, 0.3) is 10.5 Å². The van der Waals surface area contributed by atoms with Crippen molar-refractivity contribution in [3.63, 3.8) is 0 Å². The van der Waals surface area contributed by atoms with Crippen molar-refractivity contribution in [3.05, 3.63) is 0 Å². The fourth-order valence-corrected chi connectivity index (χ4v) is 6.30. The summed E-state index contributed by atoms with van der Waals surface area (Å²) in [4.78, 5) is 27.4. The third kappa shape index (κ3) is 6.79. The molecule has 0 N–H and O–H groups in total. The molecule has 2 heterocycles. The molecule has 0 radical (unpaired) electrons. The highest BCUT2D eigenvalue weighted by Crippen LogP contribution is 2.30. The molecule has 0 saturated carbocycles. The smallest absolute Gasteiger partial charge is 0.292 e. The minimum atomic E-state index is 0.107. The molecule has 2 rings (SSSR count). The number of ether oxygens (including phenoxy) is 2. The van der Waals surface area contributed by atoms with Gasteiger partial charge in [0.05, 0.1) is 26.4 Å². The minimum absolute atomic E-state index is 0.107. The van der Waals surface area contributed by atoms with Crippen molar-refractivity contribution < 1.29 is 19.1 Å². The Kier molecular flexibility index (Phi) is 9.24. The van der Waals surface area contributed by atoms with E-state index in [9.17, 15) is 9.59 Å². The highest BCUT2D eigenvalue weighted by Gasteiger charge is 2.18. The van der Waals surface area contributed by atoms with Crippen molar-refractivity contribution >= 4 is 53.7 Å². The maximum absolute atomic E-state index is 11.9. The second-order valence-corrected chi connectivity index (χ2v) is 9.28. The Labute approximate surface area is 146 Å². The molecule has 0 aromatic heterocycles. The molecule has 0 aromatic rings. The lowest BCUT2D eigenvalue weighted by Gasteiger charge is -2.26. The lowest BCUT2D eigenvalue weighted by atomic mass is 10.5. The molecule has 0 spiro atoms. The number of carbonyl (C=O) groups excluding carboxylic acids is 2. The van der Waals surface area contributed by atoms with Gasteiger partial charge in [0.1, 0.15) is 0 Å². The number of amides is 2. The Bertz CT molecular complexity index is 329. The van der Waals surface area contributed by atoms with E-state index in [1.54, 1.807) is 21.6 Å². The summed E-state index contributed by atoms with van der Waals surface area (Å²) < 4.78 is 10.4. The third-order valence-electron chi connectivity index (χ3n) is 3.05. The molecule has 2 aliphatic heterocycles. The lowest BCUT2D eigenvalue weighted by Crippen LogP contribution is -2.38. The molecule has 126 valence electrons. The van der Waals surface area contributed by atoms with Gasteiger partial charge >= 0.3 is 0 Å². The quantitative estimate of drug-likeness (QED) is 0.530. The first-order chi connectivity index (χ1) is 10.8. The predicted octanol–water partition coefficient (Wildman–Crippen LogP) is 2.65. The van der Waals surface area contributed by atoms with Gasteiger partial charge in [0.15, 0.2) is 0 Å². The van der Waals surface area contributed by atoms with Gasteiger partial charge in [0.2, 0.25) is 0 Å². The molecule has 0 aromatic carbocycles. The highest BCUT2D eigenvalue weighted by atomic mass is 33.1. The number of hydrogen-bond acceptors (Lipinski definition) is 8. The van der Waals surface area contributed by atoms with Gasteiger partial charge in [-0.05, 0) is 0 Å². The molecule has 0 aliphatic carbocycles. The van der Waals surface area contributed by atoms with Crippen LogP contribution in [0.1, 0.15) is 0 Å². The Morgan fingerprint density at radius 1 is 0.727 bits per heavy atom. The van der Waals surface area contributed by atoms with Crippen molar-refractivity contribution in [3.8, 4) is 0 Å². The number of nitrogens with zero attached hydrogens (tertiary/aromatic N) is 2. The van der Waals surface area contributed by atoms with Crippen molar-refractivity contribution in [2.75, 3.05) is 64.1 Å². The van der Waals surface area contributed by atoms with E-state index in [1.807, 2.05) is 9.80 Å². The summed E-state index contributed by atoms with van der Waals surface area (Å²) >= 11 is 0. The maximum Gasteiger partial charge on any atom is 0.292 e. The summed E-state index contributed by atoms with van der Waals surface area (Å²) in [5, 5.41) is 0.214. The average molecular weight is 385 g/mol. The monoisotopic (exact) mass is 384 g/mol. The van der Waals surface area contributed by atoms with Gasteiger partial charge in [-0.3, -0.25) is 9.59 Å². The van der Waals surface area contributed by atoms with Gasteiger partial charge in [-0.1, -0.05) is 21.6 Å². The number of hydrogen-bond donors (Lipinski definition) is 0. The molecule has 2 aliphatic rings. The van der Waals surface area contributed by atoms with E-state index < -0.39 is 0 Å². The topological polar surface area (TPSA) is 59.1 Å². The van der Waals surface area contributed by atoms with Crippen molar-refractivity contribution in [1.82, 2.24) is 9.80 Å². The van der Waals surface area contributed by atoms with Crippen LogP contribution in [-0.4, -0.2) is 84.4 Å². The van der Waals surface area contributed by atoms with E-state index >= 15 is 0 Å². The lowest BCUT2D eigenvalue weighted by molar-refractivity contribution is 0.0593. The summed E-state index contributed by atoms with van der Waals surface area (Å²) in [6, 6.07) is 0. The first-order valence-electron chi connectivity index (χ1n) is 7.09. The predicted molar refractivity (Wildman–Crippen MR) is 95.7 cm³/mol. The summed E-state index contributed by atoms with van der Waals surface area (Å²) in [7, 11) is 5.66. The van der Waals surface area contributed by atoms with Crippen LogP contribution in [-0.2, 0) is 9.47 Å². The Hall–Kier alpha value is 0.260. The van der Waals surface area contributed by atoms with E-state index in [0.29, 0.717) is 52.6 Å². The first-order valence-corrected chi connectivity index (χ1v) is 11.7. The van der Waals surface area contributed by atoms with Crippen LogP contribution < -0.4 is 0 Å². The fourth-order valence-electron chi connectivity index (χ4n) is 1.85. The molecule has 6 nitrogen and oxygen atoms in total. The van der Waals surface area contributed by atoms with Crippen LogP contribution in [0.15, 0.2) is 0 Å². The third-order valence-corrected chi connectivity index (χ3v) is 7.65. The SMILES string of the molecule is O=C(SSCCSSC(=O)N1CCOCC1)N1CCOCC1. The van der Waals surface area contributed by atoms with E-state index in [-0.39, 0.29) is 10.5 Å². The number of carbonyl (C=O) groups is 2. The zero-order valence-corrected chi connectivity index (χ0v) is 15.5. The fraction of sp³-hybridized carbons (Fsp3) is 0.833. The van der Waals surface area contributed by atoms with Gasteiger partial charge in [-0.2, -0.15) is 0 Å². The van der Waals surface area contributed by atoms with Gasteiger partial charge in [0, 0.05) is 59.3 Å². The van der Waals surface area contributed by atoms with E-state index in [4.69, 9.17) is 9.47 Å². The van der Waals surface area contributed by atoms with Gasteiger partial charge < -0.3 is 19.3 Å². The molecule has 2 amide bonds. The van der Waals surface area contributed by atoms with Crippen LogP contribution in [0.4, 0.5) is 9.59 Å². The zero-order valence-electron chi connectivity index (χ0n) is 12.2. The first kappa shape index (κ1) is 18.6. The molecule has 2 fully saturated rings. The summed E-state index contributed by atoms with van der Waals surface area (Å²) in [6.45, 7) is 5.27. The number of morpholine rings is 2. The molecule has 10 heteroatoms. The van der Waals surface area contributed by atoms with Crippen LogP contribution >= 0.6 is 43.2 Å². The second kappa shape index (κ2) is 10.9. The van der Waals surface area contributed by atoms with Crippen molar-refractivity contribution in [2.24, 2.45) is 0 Å². The summed E-state index contributed by atoms with van der Waals surface area (Å²) in [5.41, 5.74) is 0. The molecule has 0 unspecified atom stereocenters. The Morgan fingerprint density at radius 3 is 1.45 bits per heavy atom. The van der Waals surface area contributed by atoms with E-state index in [0.717, 1.165) is 11.5 Å². The number of rotatable bonds is 5. The van der Waals surface area contributed by atoms with Crippen LogP contribution in [0.3, 0.4) is 0 Å². The van der Waals surface area contributed by atoms with Crippen LogP contribution in [0.25, 0.3) is 0 Å². The summed E-state index contributed by atoms with van der Waals surface area (Å²) in [6.07, 6.45) is 0. The zero-order chi connectivity index (χ0) is 15.6. The Morgan fingerprint density at radius 2 is 1.09 bits per heavy atom. The molecule has 22 heavy (non-hydrogen) atoms.